The lowest BCUT2D eigenvalue weighted by atomic mass is 10.2. The van der Waals surface area contributed by atoms with Crippen LogP contribution in [0.5, 0.6) is 0 Å². The van der Waals surface area contributed by atoms with Crippen molar-refractivity contribution < 1.29 is 0 Å². The second-order valence-corrected chi connectivity index (χ2v) is 7.23. The van der Waals surface area contributed by atoms with Gasteiger partial charge in [-0.05, 0) is 35.7 Å². The second kappa shape index (κ2) is 8.75. The molecule has 0 amide bonds. The SMILES string of the molecule is CCc1cnc(N(CCc2cscn2)Cc2ccc(-n3cccn3)cc2)nc1. The first-order valence-corrected chi connectivity index (χ1v) is 10.3. The molecule has 0 aliphatic rings. The van der Waals surface area contributed by atoms with Crippen LogP contribution in [0, 0.1) is 0 Å². The Labute approximate surface area is 168 Å². The van der Waals surface area contributed by atoms with Crippen LogP contribution in [0.25, 0.3) is 5.69 Å². The van der Waals surface area contributed by atoms with Gasteiger partial charge in [0.1, 0.15) is 0 Å². The maximum Gasteiger partial charge on any atom is 0.225 e. The summed E-state index contributed by atoms with van der Waals surface area (Å²) in [5, 5.41) is 6.37. The Morgan fingerprint density at radius 1 is 1.04 bits per heavy atom. The van der Waals surface area contributed by atoms with E-state index in [2.05, 4.69) is 61.5 Å². The van der Waals surface area contributed by atoms with Gasteiger partial charge in [-0.15, -0.1) is 11.3 Å². The van der Waals surface area contributed by atoms with Gasteiger partial charge in [0.05, 0.1) is 16.9 Å². The van der Waals surface area contributed by atoms with E-state index in [-0.39, 0.29) is 0 Å². The van der Waals surface area contributed by atoms with Crippen molar-refractivity contribution in [3.63, 3.8) is 0 Å². The van der Waals surface area contributed by atoms with E-state index in [4.69, 9.17) is 0 Å². The van der Waals surface area contributed by atoms with Gasteiger partial charge in [-0.1, -0.05) is 19.1 Å². The first-order valence-electron chi connectivity index (χ1n) is 9.33. The molecule has 4 aromatic rings. The van der Waals surface area contributed by atoms with E-state index in [1.807, 2.05) is 34.8 Å². The number of hydrogen-bond donors (Lipinski definition) is 0. The summed E-state index contributed by atoms with van der Waals surface area (Å²) in [5.74, 6) is 0.753. The monoisotopic (exact) mass is 390 g/mol. The van der Waals surface area contributed by atoms with Crippen molar-refractivity contribution >= 4 is 17.3 Å². The first kappa shape index (κ1) is 18.3. The average Bonchev–Trinajstić information content (AvgIpc) is 3.46. The van der Waals surface area contributed by atoms with Gasteiger partial charge in [-0.25, -0.2) is 19.6 Å². The van der Waals surface area contributed by atoms with Crippen LogP contribution < -0.4 is 4.90 Å². The van der Waals surface area contributed by atoms with Gasteiger partial charge in [0.2, 0.25) is 5.95 Å². The van der Waals surface area contributed by atoms with Gasteiger partial charge >= 0.3 is 0 Å². The van der Waals surface area contributed by atoms with Gasteiger partial charge < -0.3 is 4.90 Å². The van der Waals surface area contributed by atoms with E-state index in [0.29, 0.717) is 0 Å². The Hall–Kier alpha value is -3.06. The van der Waals surface area contributed by atoms with Crippen LogP contribution in [-0.4, -0.2) is 31.3 Å². The predicted molar refractivity (Wildman–Crippen MR) is 112 cm³/mol. The Kier molecular flexibility index (Phi) is 5.72. The van der Waals surface area contributed by atoms with Crippen LogP contribution in [0.15, 0.2) is 66.0 Å². The first-order chi connectivity index (χ1) is 13.8. The van der Waals surface area contributed by atoms with Crippen LogP contribution in [-0.2, 0) is 19.4 Å². The molecule has 0 bridgehead atoms. The maximum absolute atomic E-state index is 4.59. The fourth-order valence-corrected chi connectivity index (χ4v) is 3.54. The smallest absolute Gasteiger partial charge is 0.225 e. The molecule has 0 atom stereocenters. The summed E-state index contributed by atoms with van der Waals surface area (Å²) in [5.41, 5.74) is 6.38. The van der Waals surface area contributed by atoms with E-state index in [1.165, 1.54) is 5.56 Å². The van der Waals surface area contributed by atoms with E-state index >= 15 is 0 Å². The van der Waals surface area contributed by atoms with Gasteiger partial charge in [-0.2, -0.15) is 5.10 Å². The molecule has 4 rings (SSSR count). The van der Waals surface area contributed by atoms with E-state index in [1.54, 1.807) is 17.5 Å². The van der Waals surface area contributed by atoms with E-state index in [0.717, 1.165) is 48.8 Å². The Morgan fingerprint density at radius 2 is 1.86 bits per heavy atom. The molecule has 28 heavy (non-hydrogen) atoms. The minimum Gasteiger partial charge on any atom is -0.336 e. The summed E-state index contributed by atoms with van der Waals surface area (Å²) in [6.45, 7) is 3.67. The number of anilines is 1. The number of thiazole rings is 1. The molecule has 142 valence electrons. The largest absolute Gasteiger partial charge is 0.336 e. The Balaban J connectivity index is 1.51. The summed E-state index contributed by atoms with van der Waals surface area (Å²) in [6, 6.07) is 10.4. The summed E-state index contributed by atoms with van der Waals surface area (Å²) in [4.78, 5) is 15.8. The summed E-state index contributed by atoms with van der Waals surface area (Å²) >= 11 is 1.63. The number of hydrogen-bond acceptors (Lipinski definition) is 6. The summed E-state index contributed by atoms with van der Waals surface area (Å²) in [7, 11) is 0. The summed E-state index contributed by atoms with van der Waals surface area (Å²) < 4.78 is 1.86. The minimum atomic E-state index is 0.745. The van der Waals surface area contributed by atoms with Gasteiger partial charge in [0.25, 0.3) is 0 Å². The van der Waals surface area contributed by atoms with E-state index < -0.39 is 0 Å². The molecule has 6 nitrogen and oxygen atoms in total. The topological polar surface area (TPSA) is 59.7 Å². The maximum atomic E-state index is 4.59. The van der Waals surface area contributed by atoms with Crippen molar-refractivity contribution in [3.8, 4) is 5.69 Å². The van der Waals surface area contributed by atoms with Crippen LogP contribution >= 0.6 is 11.3 Å². The van der Waals surface area contributed by atoms with Crippen molar-refractivity contribution in [1.82, 2.24) is 24.7 Å². The molecule has 0 spiro atoms. The molecule has 0 aliphatic carbocycles. The van der Waals surface area contributed by atoms with Gasteiger partial charge in [0.15, 0.2) is 0 Å². The zero-order valence-corrected chi connectivity index (χ0v) is 16.6. The highest BCUT2D eigenvalue weighted by atomic mass is 32.1. The molecule has 0 aliphatic heterocycles. The lowest BCUT2D eigenvalue weighted by molar-refractivity contribution is 0.742. The molecule has 0 fully saturated rings. The quantitative estimate of drug-likeness (QED) is 0.456. The fraction of sp³-hybridized carbons (Fsp3) is 0.238. The molecule has 0 N–H and O–H groups in total. The number of rotatable bonds is 8. The van der Waals surface area contributed by atoms with Gasteiger partial charge in [-0.3, -0.25) is 0 Å². The molecule has 7 heteroatoms. The van der Waals surface area contributed by atoms with Crippen LogP contribution in [0.1, 0.15) is 23.7 Å². The highest BCUT2D eigenvalue weighted by molar-refractivity contribution is 7.07. The highest BCUT2D eigenvalue weighted by Crippen LogP contribution is 2.16. The molecular weight excluding hydrogens is 368 g/mol. The lowest BCUT2D eigenvalue weighted by Crippen LogP contribution is -2.27. The molecule has 1 aromatic carbocycles. The van der Waals surface area contributed by atoms with Crippen LogP contribution in [0.3, 0.4) is 0 Å². The van der Waals surface area contributed by atoms with Crippen molar-refractivity contribution in [2.45, 2.75) is 26.3 Å². The number of nitrogens with zero attached hydrogens (tertiary/aromatic N) is 6. The van der Waals surface area contributed by atoms with E-state index in [9.17, 15) is 0 Å². The third kappa shape index (κ3) is 4.43. The minimum absolute atomic E-state index is 0.745. The Bertz CT molecular complexity index is 963. The third-order valence-corrected chi connectivity index (χ3v) is 5.22. The number of aryl methyl sites for hydroxylation is 1. The van der Waals surface area contributed by atoms with Crippen LogP contribution in [0.2, 0.25) is 0 Å². The molecule has 0 saturated heterocycles. The van der Waals surface area contributed by atoms with Crippen LogP contribution in [0.4, 0.5) is 5.95 Å². The average molecular weight is 391 g/mol. The highest BCUT2D eigenvalue weighted by Gasteiger charge is 2.12. The van der Waals surface area contributed by atoms with Crippen molar-refractivity contribution in [2.75, 3.05) is 11.4 Å². The van der Waals surface area contributed by atoms with Crippen molar-refractivity contribution in [3.05, 3.63) is 82.8 Å². The standard InChI is InChI=1S/C21H22N6S/c1-2-17-12-22-21(23-13-17)26(11-8-19-15-28-16-24-19)14-18-4-6-20(7-5-18)27-10-3-9-25-27/h3-7,9-10,12-13,15-16H,2,8,11,14H2,1H3. The normalized spacial score (nSPS) is 10.9. The zero-order chi connectivity index (χ0) is 19.2. The molecular formula is C21H22N6S. The Morgan fingerprint density at radius 3 is 2.50 bits per heavy atom. The molecule has 3 aromatic heterocycles. The fourth-order valence-electron chi connectivity index (χ4n) is 2.95. The molecule has 0 radical (unpaired) electrons. The molecule has 3 heterocycles. The number of benzene rings is 1. The van der Waals surface area contributed by atoms with Crippen molar-refractivity contribution in [1.29, 1.82) is 0 Å². The molecule has 0 saturated carbocycles. The number of aromatic nitrogens is 5. The lowest BCUT2D eigenvalue weighted by Gasteiger charge is -2.22. The van der Waals surface area contributed by atoms with Crippen molar-refractivity contribution in [2.24, 2.45) is 0 Å². The second-order valence-electron chi connectivity index (χ2n) is 6.51. The predicted octanol–water partition coefficient (Wildman–Crippen LogP) is 3.93. The summed E-state index contributed by atoms with van der Waals surface area (Å²) in [6.07, 6.45) is 9.36. The zero-order valence-electron chi connectivity index (χ0n) is 15.8. The molecule has 0 unspecified atom stereocenters. The third-order valence-electron chi connectivity index (χ3n) is 4.58. The van der Waals surface area contributed by atoms with Gasteiger partial charge in [0, 0.05) is 49.7 Å².